The first kappa shape index (κ1) is 21.1. The molecule has 4 heterocycles. The van der Waals surface area contributed by atoms with E-state index in [1.54, 1.807) is 6.92 Å². The van der Waals surface area contributed by atoms with Crippen LogP contribution in [0.4, 0.5) is 5.00 Å². The van der Waals surface area contributed by atoms with E-state index in [-0.39, 0.29) is 36.0 Å². The minimum Gasteiger partial charge on any atom is -0.462 e. The van der Waals surface area contributed by atoms with Crippen molar-refractivity contribution in [3.05, 3.63) is 16.0 Å². The van der Waals surface area contributed by atoms with Crippen LogP contribution >= 0.6 is 11.3 Å². The molecule has 5 rings (SSSR count). The largest absolute Gasteiger partial charge is 0.462 e. The highest BCUT2D eigenvalue weighted by Gasteiger charge is 2.63. The monoisotopic (exact) mass is 445 g/mol. The predicted molar refractivity (Wildman–Crippen MR) is 117 cm³/mol. The van der Waals surface area contributed by atoms with E-state index in [4.69, 9.17) is 9.47 Å². The lowest BCUT2D eigenvalue weighted by molar-refractivity contribution is -0.124. The average molecular weight is 446 g/mol. The van der Waals surface area contributed by atoms with Gasteiger partial charge in [0.25, 0.3) is 0 Å². The third-order valence-electron chi connectivity index (χ3n) is 8.23. The SMILES string of the molecule is CCOC(=O)c1c(N2C(=O)[C@H]3[C@H](C2=O)[C@H]2CC[C@H]3O2)sc2c1CC[C@H](C(C)(C)CC)C2. The predicted octanol–water partition coefficient (Wildman–Crippen LogP) is 4.13. The summed E-state index contributed by atoms with van der Waals surface area (Å²) < 4.78 is 11.2. The van der Waals surface area contributed by atoms with Gasteiger partial charge in [-0.25, -0.2) is 9.69 Å². The van der Waals surface area contributed by atoms with Gasteiger partial charge in [-0.3, -0.25) is 9.59 Å². The highest BCUT2D eigenvalue weighted by atomic mass is 32.1. The number of fused-ring (bicyclic) bond motifs is 6. The fourth-order valence-electron chi connectivity index (χ4n) is 6.01. The van der Waals surface area contributed by atoms with Crippen LogP contribution in [-0.2, 0) is 31.9 Å². The number of hydrogen-bond acceptors (Lipinski definition) is 6. The van der Waals surface area contributed by atoms with Crippen molar-refractivity contribution in [3.63, 3.8) is 0 Å². The molecule has 6 nitrogen and oxygen atoms in total. The normalized spacial score (nSPS) is 31.9. The molecule has 1 aliphatic carbocycles. The van der Waals surface area contributed by atoms with Crippen LogP contribution in [-0.4, -0.2) is 36.6 Å². The van der Waals surface area contributed by atoms with Gasteiger partial charge in [-0.15, -0.1) is 11.3 Å². The Morgan fingerprint density at radius 1 is 1.13 bits per heavy atom. The van der Waals surface area contributed by atoms with Gasteiger partial charge in [-0.1, -0.05) is 27.2 Å². The van der Waals surface area contributed by atoms with Gasteiger partial charge in [-0.2, -0.15) is 0 Å². The van der Waals surface area contributed by atoms with E-state index in [0.29, 0.717) is 16.5 Å². The molecule has 0 unspecified atom stereocenters. The number of thiophene rings is 1. The molecule has 0 spiro atoms. The molecular weight excluding hydrogens is 414 g/mol. The molecule has 7 heteroatoms. The van der Waals surface area contributed by atoms with E-state index < -0.39 is 17.8 Å². The van der Waals surface area contributed by atoms with Gasteiger partial charge in [0.05, 0.1) is 36.2 Å². The lowest BCUT2D eigenvalue weighted by Gasteiger charge is -2.36. The number of carbonyl (C=O) groups excluding carboxylic acids is 3. The van der Waals surface area contributed by atoms with Crippen molar-refractivity contribution in [2.75, 3.05) is 11.5 Å². The number of anilines is 1. The molecule has 31 heavy (non-hydrogen) atoms. The van der Waals surface area contributed by atoms with Crippen molar-refractivity contribution >= 4 is 34.1 Å². The van der Waals surface area contributed by atoms with E-state index in [0.717, 1.165) is 49.0 Å². The summed E-state index contributed by atoms with van der Waals surface area (Å²) in [6.45, 7) is 8.86. The van der Waals surface area contributed by atoms with Crippen molar-refractivity contribution in [1.82, 2.24) is 0 Å². The molecule has 3 saturated heterocycles. The van der Waals surface area contributed by atoms with E-state index in [9.17, 15) is 14.4 Å². The standard InChI is InChI=1S/C24H31NO5S/c1-5-24(3,4)12-7-8-13-16(11-12)31-22(17(13)23(28)29-6-2)25-20(26)18-14-9-10-15(30-14)19(18)21(25)27/h12,14-15,18-19H,5-11H2,1-4H3/t12-,14+,15+,18+,19+/m0/s1. The quantitative estimate of drug-likeness (QED) is 0.503. The van der Waals surface area contributed by atoms with Gasteiger partial charge in [0.1, 0.15) is 5.00 Å². The molecule has 168 valence electrons. The van der Waals surface area contributed by atoms with E-state index in [1.165, 1.54) is 16.2 Å². The summed E-state index contributed by atoms with van der Waals surface area (Å²) in [5.74, 6) is -1.09. The highest BCUT2D eigenvalue weighted by Crippen LogP contribution is 2.53. The summed E-state index contributed by atoms with van der Waals surface area (Å²) in [5, 5.41) is 0.488. The van der Waals surface area contributed by atoms with Gasteiger partial charge >= 0.3 is 5.97 Å². The Morgan fingerprint density at radius 3 is 2.35 bits per heavy atom. The van der Waals surface area contributed by atoms with Crippen LogP contribution in [0.3, 0.4) is 0 Å². The van der Waals surface area contributed by atoms with Gasteiger partial charge in [-0.05, 0) is 55.9 Å². The van der Waals surface area contributed by atoms with Crippen molar-refractivity contribution in [2.24, 2.45) is 23.2 Å². The summed E-state index contributed by atoms with van der Waals surface area (Å²) in [6, 6.07) is 0. The Labute approximate surface area is 187 Å². The number of esters is 1. The molecule has 5 atom stereocenters. The lowest BCUT2D eigenvalue weighted by atomic mass is 9.69. The maximum Gasteiger partial charge on any atom is 0.341 e. The first-order valence-electron chi connectivity index (χ1n) is 11.6. The Bertz CT molecular complexity index is 922. The molecule has 4 aliphatic rings. The lowest BCUT2D eigenvalue weighted by Crippen LogP contribution is -2.34. The smallest absolute Gasteiger partial charge is 0.341 e. The van der Waals surface area contributed by atoms with Crippen LogP contribution in [0, 0.1) is 23.2 Å². The second-order valence-corrected chi connectivity index (χ2v) is 11.1. The van der Waals surface area contributed by atoms with Crippen molar-refractivity contribution in [3.8, 4) is 0 Å². The fraction of sp³-hybridized carbons (Fsp3) is 0.708. The molecule has 2 bridgehead atoms. The number of hydrogen-bond donors (Lipinski definition) is 0. The molecule has 0 aromatic carbocycles. The maximum atomic E-state index is 13.4. The number of carbonyl (C=O) groups is 3. The van der Waals surface area contributed by atoms with Crippen LogP contribution in [0.25, 0.3) is 0 Å². The Kier molecular flexibility index (Phi) is 5.05. The van der Waals surface area contributed by atoms with E-state index >= 15 is 0 Å². The van der Waals surface area contributed by atoms with Gasteiger partial charge in [0, 0.05) is 4.88 Å². The molecule has 3 aliphatic heterocycles. The summed E-state index contributed by atoms with van der Waals surface area (Å²) in [6.07, 6.45) is 5.10. The third kappa shape index (κ3) is 3.03. The van der Waals surface area contributed by atoms with Crippen LogP contribution < -0.4 is 4.90 Å². The third-order valence-corrected chi connectivity index (χ3v) is 9.47. The van der Waals surface area contributed by atoms with Crippen LogP contribution in [0.2, 0.25) is 0 Å². The molecule has 0 saturated carbocycles. The maximum absolute atomic E-state index is 13.4. The molecule has 1 aromatic rings. The molecule has 1 aromatic heterocycles. The van der Waals surface area contributed by atoms with Crippen molar-refractivity contribution < 1.29 is 23.9 Å². The zero-order chi connectivity index (χ0) is 22.1. The number of nitrogens with zero attached hydrogens (tertiary/aromatic N) is 1. The number of rotatable bonds is 5. The second kappa shape index (κ2) is 7.41. The fourth-order valence-corrected chi connectivity index (χ4v) is 7.44. The van der Waals surface area contributed by atoms with Crippen LogP contribution in [0.5, 0.6) is 0 Å². The van der Waals surface area contributed by atoms with E-state index in [2.05, 4.69) is 20.8 Å². The Balaban J connectivity index is 1.56. The minimum atomic E-state index is -0.417. The van der Waals surface area contributed by atoms with E-state index in [1.807, 2.05) is 0 Å². The molecule has 3 fully saturated rings. The molecular formula is C24H31NO5S. The van der Waals surface area contributed by atoms with Gasteiger partial charge in [0.2, 0.25) is 11.8 Å². The van der Waals surface area contributed by atoms with Gasteiger partial charge < -0.3 is 9.47 Å². The number of ether oxygens (including phenoxy) is 2. The number of imide groups is 1. The summed E-state index contributed by atoms with van der Waals surface area (Å²) in [5.41, 5.74) is 1.64. The Morgan fingerprint density at radius 2 is 1.77 bits per heavy atom. The zero-order valence-corrected chi connectivity index (χ0v) is 19.5. The summed E-state index contributed by atoms with van der Waals surface area (Å²) in [4.78, 5) is 42.2. The minimum absolute atomic E-state index is 0.160. The summed E-state index contributed by atoms with van der Waals surface area (Å²) in [7, 11) is 0. The Hall–Kier alpha value is -1.73. The molecule has 2 amide bonds. The molecule has 0 N–H and O–H groups in total. The summed E-state index contributed by atoms with van der Waals surface area (Å²) >= 11 is 1.46. The molecule has 0 radical (unpaired) electrons. The topological polar surface area (TPSA) is 72.9 Å². The van der Waals surface area contributed by atoms with Crippen LogP contribution in [0.15, 0.2) is 0 Å². The second-order valence-electron chi connectivity index (χ2n) is 10.0. The van der Waals surface area contributed by atoms with Crippen LogP contribution in [0.1, 0.15) is 74.2 Å². The first-order chi connectivity index (χ1) is 14.8. The van der Waals surface area contributed by atoms with Gasteiger partial charge in [0.15, 0.2) is 0 Å². The average Bonchev–Trinajstić information content (AvgIpc) is 3.49. The number of amides is 2. The first-order valence-corrected chi connectivity index (χ1v) is 12.4. The zero-order valence-electron chi connectivity index (χ0n) is 18.7. The highest BCUT2D eigenvalue weighted by molar-refractivity contribution is 7.17. The van der Waals surface area contributed by atoms with Crippen molar-refractivity contribution in [1.29, 1.82) is 0 Å². The van der Waals surface area contributed by atoms with Crippen molar-refractivity contribution in [2.45, 2.75) is 78.4 Å².